The zero-order valence-electron chi connectivity index (χ0n) is 11.3. The Morgan fingerprint density at radius 2 is 2.21 bits per heavy atom. The third-order valence-corrected chi connectivity index (χ3v) is 4.49. The van der Waals surface area contributed by atoms with Crippen LogP contribution in [0.5, 0.6) is 0 Å². The summed E-state index contributed by atoms with van der Waals surface area (Å²) < 4.78 is 2.26. The van der Waals surface area contributed by atoms with Crippen molar-refractivity contribution in [1.29, 1.82) is 0 Å². The molecule has 0 aliphatic heterocycles. The Hall–Kier alpha value is -1.84. The molecule has 4 nitrogen and oxygen atoms in total. The Morgan fingerprint density at radius 1 is 1.47 bits per heavy atom. The lowest BCUT2D eigenvalue weighted by molar-refractivity contribution is 0.0697. The van der Waals surface area contributed by atoms with Gasteiger partial charge in [-0.05, 0) is 50.8 Å². The van der Waals surface area contributed by atoms with Gasteiger partial charge in [0.1, 0.15) is 5.82 Å². The number of benzene rings is 1. The number of carboxylic acids is 1. The summed E-state index contributed by atoms with van der Waals surface area (Å²) in [5.74, 6) is 0.102. The summed E-state index contributed by atoms with van der Waals surface area (Å²) in [4.78, 5) is 15.7. The molecule has 1 aliphatic carbocycles. The number of aromatic carboxylic acids is 1. The number of hydrogen-bond donors (Lipinski definition) is 1. The molecule has 1 saturated carbocycles. The van der Waals surface area contributed by atoms with E-state index < -0.39 is 5.97 Å². The van der Waals surface area contributed by atoms with Crippen LogP contribution in [0.3, 0.4) is 0 Å². The lowest BCUT2D eigenvalue weighted by Crippen LogP contribution is -2.40. The first kappa shape index (κ1) is 12.2. The maximum absolute atomic E-state index is 11.1. The smallest absolute Gasteiger partial charge is 0.335 e. The molecule has 1 aromatic carbocycles. The van der Waals surface area contributed by atoms with Crippen LogP contribution in [0.25, 0.3) is 11.0 Å². The number of nitrogens with zero attached hydrogens (tertiary/aromatic N) is 2. The quantitative estimate of drug-likeness (QED) is 0.918. The third kappa shape index (κ3) is 1.66. The molecule has 1 fully saturated rings. The van der Waals surface area contributed by atoms with Crippen LogP contribution in [0.15, 0.2) is 18.2 Å². The number of rotatable bonds is 3. The number of carbonyl (C=O) groups is 1. The molecule has 1 aromatic heterocycles. The van der Waals surface area contributed by atoms with Crippen LogP contribution in [0.1, 0.15) is 48.8 Å². The number of carboxylic acid groups (broad SMARTS) is 1. The van der Waals surface area contributed by atoms with Crippen molar-refractivity contribution in [2.75, 3.05) is 0 Å². The Labute approximate surface area is 112 Å². The Balaban J connectivity index is 2.25. The minimum atomic E-state index is -0.883. The van der Waals surface area contributed by atoms with Gasteiger partial charge in [0, 0.05) is 5.54 Å². The molecule has 0 saturated heterocycles. The van der Waals surface area contributed by atoms with E-state index in [4.69, 9.17) is 5.11 Å². The molecule has 0 radical (unpaired) electrons. The summed E-state index contributed by atoms with van der Waals surface area (Å²) in [6, 6.07) is 5.19. The molecule has 19 heavy (non-hydrogen) atoms. The largest absolute Gasteiger partial charge is 0.478 e. The number of aryl methyl sites for hydroxylation is 1. The summed E-state index contributed by atoms with van der Waals surface area (Å²) in [7, 11) is 0. The molecule has 0 bridgehead atoms. The lowest BCUT2D eigenvalue weighted by Gasteiger charge is -2.43. The van der Waals surface area contributed by atoms with Crippen LogP contribution < -0.4 is 0 Å². The van der Waals surface area contributed by atoms with Crippen molar-refractivity contribution < 1.29 is 9.90 Å². The summed E-state index contributed by atoms with van der Waals surface area (Å²) in [6.45, 7) is 4.21. The zero-order chi connectivity index (χ0) is 13.6. The molecule has 4 heteroatoms. The van der Waals surface area contributed by atoms with Crippen molar-refractivity contribution in [2.45, 2.75) is 45.1 Å². The molecule has 0 atom stereocenters. The SMILES string of the molecule is CCC1(n2c(C)nc3ccc(C(=O)O)cc32)CCC1. The molecule has 1 heterocycles. The van der Waals surface area contributed by atoms with Gasteiger partial charge >= 0.3 is 5.97 Å². The molecule has 2 aromatic rings. The van der Waals surface area contributed by atoms with Crippen molar-refractivity contribution in [3.05, 3.63) is 29.6 Å². The second kappa shape index (κ2) is 4.08. The first-order chi connectivity index (χ1) is 9.07. The fraction of sp³-hybridized carbons (Fsp3) is 0.467. The predicted octanol–water partition coefficient (Wildman–Crippen LogP) is 3.33. The minimum Gasteiger partial charge on any atom is -0.478 e. The van der Waals surface area contributed by atoms with Gasteiger partial charge in [-0.3, -0.25) is 0 Å². The molecule has 0 spiro atoms. The van der Waals surface area contributed by atoms with E-state index in [0.717, 1.165) is 36.1 Å². The Kier molecular flexibility index (Phi) is 2.62. The van der Waals surface area contributed by atoms with E-state index in [0.29, 0.717) is 5.56 Å². The standard InChI is InChI=1S/C15H18N2O2/c1-3-15(7-4-8-15)17-10(2)16-12-6-5-11(14(18)19)9-13(12)17/h5-6,9H,3-4,7-8H2,1-2H3,(H,18,19). The molecule has 1 N–H and O–H groups in total. The molecular formula is C15H18N2O2. The van der Waals surface area contributed by atoms with Gasteiger partial charge in [0.05, 0.1) is 16.6 Å². The monoisotopic (exact) mass is 258 g/mol. The highest BCUT2D eigenvalue weighted by atomic mass is 16.4. The van der Waals surface area contributed by atoms with Gasteiger partial charge in [-0.1, -0.05) is 6.92 Å². The fourth-order valence-corrected chi connectivity index (χ4v) is 3.25. The summed E-state index contributed by atoms with van der Waals surface area (Å²) in [6.07, 6.45) is 4.63. The van der Waals surface area contributed by atoms with Gasteiger partial charge in [0.15, 0.2) is 0 Å². The van der Waals surface area contributed by atoms with Crippen molar-refractivity contribution in [3.63, 3.8) is 0 Å². The van der Waals surface area contributed by atoms with Crippen LogP contribution in [-0.4, -0.2) is 20.6 Å². The van der Waals surface area contributed by atoms with Gasteiger partial charge in [-0.15, -0.1) is 0 Å². The average molecular weight is 258 g/mol. The van der Waals surface area contributed by atoms with E-state index in [1.807, 2.05) is 13.0 Å². The second-order valence-corrected chi connectivity index (χ2v) is 5.43. The first-order valence-corrected chi connectivity index (χ1v) is 6.80. The van der Waals surface area contributed by atoms with Gasteiger partial charge in [-0.2, -0.15) is 0 Å². The fourth-order valence-electron chi connectivity index (χ4n) is 3.25. The van der Waals surface area contributed by atoms with Crippen molar-refractivity contribution >= 4 is 17.0 Å². The summed E-state index contributed by atoms with van der Waals surface area (Å²) in [5.41, 5.74) is 2.33. The van der Waals surface area contributed by atoms with Crippen LogP contribution in [0.4, 0.5) is 0 Å². The van der Waals surface area contributed by atoms with Crippen LogP contribution in [-0.2, 0) is 5.54 Å². The van der Waals surface area contributed by atoms with E-state index >= 15 is 0 Å². The normalized spacial score (nSPS) is 17.4. The molecule has 0 amide bonds. The summed E-state index contributed by atoms with van der Waals surface area (Å²) in [5, 5.41) is 9.14. The van der Waals surface area contributed by atoms with Gasteiger partial charge in [-0.25, -0.2) is 9.78 Å². The number of fused-ring (bicyclic) bond motifs is 1. The van der Waals surface area contributed by atoms with Crippen molar-refractivity contribution in [3.8, 4) is 0 Å². The van der Waals surface area contributed by atoms with Crippen LogP contribution >= 0.6 is 0 Å². The van der Waals surface area contributed by atoms with Gasteiger partial charge < -0.3 is 9.67 Å². The summed E-state index contributed by atoms with van der Waals surface area (Å²) >= 11 is 0. The Bertz CT molecular complexity index is 648. The molecule has 100 valence electrons. The number of imidazole rings is 1. The van der Waals surface area contributed by atoms with Gasteiger partial charge in [0.2, 0.25) is 0 Å². The van der Waals surface area contributed by atoms with E-state index in [2.05, 4.69) is 16.5 Å². The number of hydrogen-bond acceptors (Lipinski definition) is 2. The predicted molar refractivity (Wildman–Crippen MR) is 73.5 cm³/mol. The zero-order valence-corrected chi connectivity index (χ0v) is 11.3. The molecular weight excluding hydrogens is 240 g/mol. The van der Waals surface area contributed by atoms with E-state index in [1.165, 1.54) is 6.42 Å². The maximum Gasteiger partial charge on any atom is 0.335 e. The molecule has 0 unspecified atom stereocenters. The molecule has 1 aliphatic rings. The highest BCUT2D eigenvalue weighted by Gasteiger charge is 2.38. The van der Waals surface area contributed by atoms with Gasteiger partial charge in [0.25, 0.3) is 0 Å². The number of aromatic nitrogens is 2. The van der Waals surface area contributed by atoms with E-state index in [-0.39, 0.29) is 5.54 Å². The molecule has 3 rings (SSSR count). The van der Waals surface area contributed by atoms with E-state index in [1.54, 1.807) is 12.1 Å². The van der Waals surface area contributed by atoms with E-state index in [9.17, 15) is 4.79 Å². The third-order valence-electron chi connectivity index (χ3n) is 4.49. The van der Waals surface area contributed by atoms with Crippen molar-refractivity contribution in [1.82, 2.24) is 9.55 Å². The highest BCUT2D eigenvalue weighted by Crippen LogP contribution is 2.44. The topological polar surface area (TPSA) is 55.1 Å². The van der Waals surface area contributed by atoms with Crippen molar-refractivity contribution in [2.24, 2.45) is 0 Å². The van der Waals surface area contributed by atoms with Crippen LogP contribution in [0.2, 0.25) is 0 Å². The van der Waals surface area contributed by atoms with Crippen LogP contribution in [0, 0.1) is 6.92 Å². The Morgan fingerprint density at radius 3 is 2.74 bits per heavy atom. The average Bonchev–Trinajstić information content (AvgIpc) is 2.65. The second-order valence-electron chi connectivity index (χ2n) is 5.43. The maximum atomic E-state index is 11.1. The minimum absolute atomic E-state index is 0.149. The first-order valence-electron chi connectivity index (χ1n) is 6.80. The lowest BCUT2D eigenvalue weighted by atomic mass is 9.74. The highest BCUT2D eigenvalue weighted by molar-refractivity contribution is 5.92.